The average Bonchev–Trinajstić information content (AvgIpc) is 3.52. The minimum Gasteiger partial charge on any atom is -0.348 e. The third kappa shape index (κ3) is 3.84. The molecule has 1 saturated heterocycles. The zero-order chi connectivity index (χ0) is 22.1. The number of hydrogen-bond donors (Lipinski definition) is 0. The largest absolute Gasteiger partial charge is 0.348 e. The fraction of sp³-hybridized carbons (Fsp3) is 0.346. The maximum atomic E-state index is 13.2. The van der Waals surface area contributed by atoms with Gasteiger partial charge in [-0.05, 0) is 18.4 Å². The molecule has 6 heteroatoms. The van der Waals surface area contributed by atoms with Crippen molar-refractivity contribution in [3.63, 3.8) is 0 Å². The van der Waals surface area contributed by atoms with E-state index in [1.165, 1.54) is 5.56 Å². The average molecular weight is 446 g/mol. The second-order valence-electron chi connectivity index (χ2n) is 8.52. The Hall–Kier alpha value is -2.99. The predicted octanol–water partition coefficient (Wildman–Crippen LogP) is 5.18. The van der Waals surface area contributed by atoms with Gasteiger partial charge in [-0.1, -0.05) is 72.9 Å². The first-order chi connectivity index (χ1) is 15.7. The maximum absolute atomic E-state index is 13.2. The van der Waals surface area contributed by atoms with Gasteiger partial charge >= 0.3 is 0 Å². The second-order valence-corrected chi connectivity index (χ2v) is 9.47. The summed E-state index contributed by atoms with van der Waals surface area (Å²) in [6, 6.07) is 10.5. The summed E-state index contributed by atoms with van der Waals surface area (Å²) in [4.78, 5) is 33.6. The van der Waals surface area contributed by atoms with Crippen LogP contribution >= 0.6 is 11.3 Å². The number of pyridine rings is 1. The standard InChI is InChI=1S/C26H27N3O2S/c1-2-22(30)21-17-29(16-19-12-6-7-13-20(19)18-10-4-3-5-11-18)25-23(24(21)31)27-26(32-25)28-14-8-9-15-28/h3-7,10-13,17,19-20H,2,8-9,14-16H2,1H3. The van der Waals surface area contributed by atoms with Crippen LogP contribution in [0.1, 0.15) is 48.0 Å². The summed E-state index contributed by atoms with van der Waals surface area (Å²) in [6.07, 6.45) is 13.0. The van der Waals surface area contributed by atoms with Crippen LogP contribution in [-0.2, 0) is 6.54 Å². The van der Waals surface area contributed by atoms with E-state index in [4.69, 9.17) is 4.98 Å². The van der Waals surface area contributed by atoms with Gasteiger partial charge in [0.2, 0.25) is 5.43 Å². The number of hydrogen-bond acceptors (Lipinski definition) is 5. The minimum atomic E-state index is -0.233. The van der Waals surface area contributed by atoms with Crippen molar-refractivity contribution in [1.29, 1.82) is 0 Å². The Bertz CT molecular complexity index is 1250. The lowest BCUT2D eigenvalue weighted by Gasteiger charge is -2.26. The van der Waals surface area contributed by atoms with Crippen molar-refractivity contribution in [3.8, 4) is 0 Å². The highest BCUT2D eigenvalue weighted by Crippen LogP contribution is 2.34. The second kappa shape index (κ2) is 8.87. The van der Waals surface area contributed by atoms with Crippen molar-refractivity contribution in [2.45, 2.75) is 38.6 Å². The molecule has 2 aliphatic rings. The molecule has 164 valence electrons. The van der Waals surface area contributed by atoms with Gasteiger partial charge < -0.3 is 9.47 Å². The van der Waals surface area contributed by atoms with E-state index < -0.39 is 0 Å². The van der Waals surface area contributed by atoms with E-state index in [0.29, 0.717) is 18.5 Å². The minimum absolute atomic E-state index is 0.125. The van der Waals surface area contributed by atoms with Gasteiger partial charge in [-0.15, -0.1) is 0 Å². The number of thiazole rings is 1. The molecule has 0 spiro atoms. The monoisotopic (exact) mass is 445 g/mol. The predicted molar refractivity (Wildman–Crippen MR) is 131 cm³/mol. The van der Waals surface area contributed by atoms with Crippen LogP contribution in [0.3, 0.4) is 0 Å². The lowest BCUT2D eigenvalue weighted by molar-refractivity contribution is 0.0986. The Morgan fingerprint density at radius 2 is 1.88 bits per heavy atom. The zero-order valence-corrected chi connectivity index (χ0v) is 19.1. The highest BCUT2D eigenvalue weighted by Gasteiger charge is 2.25. The lowest BCUT2D eigenvalue weighted by Crippen LogP contribution is -2.22. The van der Waals surface area contributed by atoms with Crippen LogP contribution in [0.2, 0.25) is 0 Å². The van der Waals surface area contributed by atoms with Crippen LogP contribution < -0.4 is 10.3 Å². The molecule has 2 aromatic heterocycles. The summed E-state index contributed by atoms with van der Waals surface area (Å²) in [5.74, 6) is 0.335. The summed E-state index contributed by atoms with van der Waals surface area (Å²) >= 11 is 1.57. The third-order valence-corrected chi connectivity index (χ3v) is 7.60. The Labute approximate surface area is 191 Å². The Kier molecular flexibility index (Phi) is 5.79. The fourth-order valence-electron chi connectivity index (χ4n) is 4.70. The Morgan fingerprint density at radius 1 is 1.12 bits per heavy atom. The first-order valence-electron chi connectivity index (χ1n) is 11.4. The van der Waals surface area contributed by atoms with Gasteiger partial charge in [-0.2, -0.15) is 0 Å². The molecule has 0 amide bonds. The lowest BCUT2D eigenvalue weighted by atomic mass is 9.83. The molecule has 1 aliphatic heterocycles. The topological polar surface area (TPSA) is 55.2 Å². The van der Waals surface area contributed by atoms with E-state index in [0.717, 1.165) is 35.9 Å². The molecule has 0 bridgehead atoms. The number of benzene rings is 1. The van der Waals surface area contributed by atoms with Crippen LogP contribution in [0.5, 0.6) is 0 Å². The van der Waals surface area contributed by atoms with E-state index in [1.54, 1.807) is 24.5 Å². The summed E-state index contributed by atoms with van der Waals surface area (Å²) < 4.78 is 2.10. The molecule has 0 radical (unpaired) electrons. The number of allylic oxidation sites excluding steroid dienone is 4. The SMILES string of the molecule is CCC(=O)c1cn(CC2C=CC=CC2c2ccccc2)c2sc(N3CCCC3)nc2c1=O. The summed E-state index contributed by atoms with van der Waals surface area (Å²) in [5.41, 5.74) is 1.72. The van der Waals surface area contributed by atoms with Gasteiger partial charge in [0.1, 0.15) is 10.3 Å². The van der Waals surface area contributed by atoms with Crippen molar-refractivity contribution in [2.75, 3.05) is 18.0 Å². The third-order valence-electron chi connectivity index (χ3n) is 6.44. The molecule has 3 aromatic rings. The first kappa shape index (κ1) is 20.9. The number of carbonyl (C=O) groups excluding carboxylic acids is 1. The van der Waals surface area contributed by atoms with Gasteiger partial charge in [-0.3, -0.25) is 9.59 Å². The Morgan fingerprint density at radius 3 is 2.62 bits per heavy atom. The van der Waals surface area contributed by atoms with Gasteiger partial charge in [0.15, 0.2) is 10.9 Å². The summed E-state index contributed by atoms with van der Waals surface area (Å²) in [5, 5.41) is 0.892. The summed E-state index contributed by atoms with van der Waals surface area (Å²) in [7, 11) is 0. The van der Waals surface area contributed by atoms with Crippen molar-refractivity contribution >= 4 is 32.6 Å². The smallest absolute Gasteiger partial charge is 0.219 e. The number of aromatic nitrogens is 2. The van der Waals surface area contributed by atoms with Gasteiger partial charge in [0.25, 0.3) is 0 Å². The molecule has 1 aromatic carbocycles. The van der Waals surface area contributed by atoms with Crippen LogP contribution in [-0.4, -0.2) is 28.4 Å². The van der Waals surface area contributed by atoms with E-state index in [2.05, 4.69) is 58.0 Å². The maximum Gasteiger partial charge on any atom is 0.219 e. The van der Waals surface area contributed by atoms with Gasteiger partial charge in [0.05, 0.1) is 5.56 Å². The molecule has 5 nitrogen and oxygen atoms in total. The van der Waals surface area contributed by atoms with E-state index in [-0.39, 0.29) is 28.6 Å². The molecule has 2 unspecified atom stereocenters. The van der Waals surface area contributed by atoms with Gasteiger partial charge in [-0.25, -0.2) is 4.98 Å². The molecular weight excluding hydrogens is 418 g/mol. The molecule has 2 atom stereocenters. The number of nitrogens with zero attached hydrogens (tertiary/aromatic N) is 3. The number of carbonyl (C=O) groups is 1. The van der Waals surface area contributed by atoms with Crippen molar-refractivity contribution in [2.24, 2.45) is 5.92 Å². The number of rotatable bonds is 6. The first-order valence-corrected chi connectivity index (χ1v) is 12.2. The molecule has 32 heavy (non-hydrogen) atoms. The van der Waals surface area contributed by atoms with Crippen molar-refractivity contribution in [3.05, 3.63) is 82.2 Å². The Balaban J connectivity index is 1.59. The molecular formula is C26H27N3O2S. The highest BCUT2D eigenvalue weighted by atomic mass is 32.1. The quantitative estimate of drug-likeness (QED) is 0.491. The number of ketones is 1. The van der Waals surface area contributed by atoms with Crippen LogP contribution in [0, 0.1) is 5.92 Å². The van der Waals surface area contributed by atoms with E-state index in [9.17, 15) is 9.59 Å². The molecule has 5 rings (SSSR count). The van der Waals surface area contributed by atoms with E-state index >= 15 is 0 Å². The normalized spacial score (nSPS) is 20.3. The highest BCUT2D eigenvalue weighted by molar-refractivity contribution is 7.21. The molecule has 0 saturated carbocycles. The van der Waals surface area contributed by atoms with Crippen LogP contribution in [0.15, 0.2) is 65.6 Å². The summed E-state index contributed by atoms with van der Waals surface area (Å²) in [6.45, 7) is 4.43. The molecule has 1 aliphatic carbocycles. The van der Waals surface area contributed by atoms with Crippen molar-refractivity contribution < 1.29 is 4.79 Å². The number of fused-ring (bicyclic) bond motifs is 1. The van der Waals surface area contributed by atoms with Crippen LogP contribution in [0.4, 0.5) is 5.13 Å². The zero-order valence-electron chi connectivity index (χ0n) is 18.2. The fourth-order valence-corrected chi connectivity index (χ4v) is 5.80. The molecule has 1 fully saturated rings. The number of Topliss-reactive ketones (excluding diaryl/α,β-unsaturated/α-hetero) is 1. The molecule has 3 heterocycles. The van der Waals surface area contributed by atoms with Crippen molar-refractivity contribution in [1.82, 2.24) is 9.55 Å². The number of anilines is 1. The molecule has 0 N–H and O–H groups in total. The van der Waals surface area contributed by atoms with E-state index in [1.807, 2.05) is 6.07 Å². The van der Waals surface area contributed by atoms with Gasteiger partial charge in [0, 0.05) is 44.1 Å². The van der Waals surface area contributed by atoms with Crippen LogP contribution in [0.25, 0.3) is 10.3 Å².